The molecule has 10 heteroatoms. The highest BCUT2D eigenvalue weighted by Crippen LogP contribution is 2.26. The molecular weight excluding hydrogens is 395 g/mol. The number of rotatable bonds is 5. The predicted molar refractivity (Wildman–Crippen MR) is 98.5 cm³/mol. The zero-order valence-electron chi connectivity index (χ0n) is 13.6. The van der Waals surface area contributed by atoms with Gasteiger partial charge in [0.2, 0.25) is 10.0 Å². The summed E-state index contributed by atoms with van der Waals surface area (Å²) < 4.78 is 41.5. The van der Waals surface area contributed by atoms with E-state index in [2.05, 4.69) is 5.32 Å². The smallest absolute Gasteiger partial charge is 0.348 e. The Morgan fingerprint density at radius 3 is 2.67 bits per heavy atom. The lowest BCUT2D eigenvalue weighted by Gasteiger charge is -2.07. The van der Waals surface area contributed by atoms with Crippen LogP contribution in [0.3, 0.4) is 0 Å². The zero-order valence-corrected chi connectivity index (χ0v) is 15.3. The summed E-state index contributed by atoms with van der Waals surface area (Å²) in [7, 11) is -3.90. The van der Waals surface area contributed by atoms with Gasteiger partial charge in [-0.25, -0.2) is 22.7 Å². The lowest BCUT2D eigenvalue weighted by atomic mass is 10.2. The van der Waals surface area contributed by atoms with Crippen molar-refractivity contribution in [1.82, 2.24) is 0 Å². The van der Waals surface area contributed by atoms with Gasteiger partial charge in [0.15, 0.2) is 6.61 Å². The molecule has 0 saturated heterocycles. The number of carbonyl (C=O) groups is 2. The third-order valence-corrected chi connectivity index (χ3v) is 5.47. The molecule has 3 N–H and O–H groups in total. The molecule has 0 fully saturated rings. The third kappa shape index (κ3) is 4.67. The van der Waals surface area contributed by atoms with Gasteiger partial charge in [-0.05, 0) is 47.9 Å². The summed E-state index contributed by atoms with van der Waals surface area (Å²) in [5, 5.41) is 8.01. The summed E-state index contributed by atoms with van der Waals surface area (Å²) in [5.41, 5.74) is 0.194. The van der Waals surface area contributed by atoms with Gasteiger partial charge in [0.05, 0.1) is 4.90 Å². The van der Waals surface area contributed by atoms with Gasteiger partial charge in [-0.2, -0.15) is 0 Å². The van der Waals surface area contributed by atoms with Crippen molar-refractivity contribution in [3.8, 4) is 0 Å². The molecule has 0 bridgehead atoms. The molecule has 0 aliphatic rings. The Hall–Kier alpha value is -2.82. The van der Waals surface area contributed by atoms with Crippen LogP contribution in [0.2, 0.25) is 0 Å². The summed E-state index contributed by atoms with van der Waals surface area (Å²) in [4.78, 5) is 24.0. The number of thiophene rings is 1. The highest BCUT2D eigenvalue weighted by molar-refractivity contribution is 7.89. The van der Waals surface area contributed by atoms with Crippen LogP contribution in [-0.4, -0.2) is 26.9 Å². The first kappa shape index (κ1) is 19.0. The highest BCUT2D eigenvalue weighted by Gasteiger charge is 2.15. The number of primary sulfonamides is 1. The fraction of sp³-hybridized carbons (Fsp3) is 0.0588. The first-order chi connectivity index (χ1) is 12.7. The van der Waals surface area contributed by atoms with Gasteiger partial charge in [0.25, 0.3) is 5.91 Å². The van der Waals surface area contributed by atoms with Crippen molar-refractivity contribution < 1.29 is 27.1 Å². The first-order valence-electron chi connectivity index (χ1n) is 7.51. The number of anilines is 1. The molecule has 0 aliphatic carbocycles. The average molecular weight is 408 g/mol. The first-order valence-corrected chi connectivity index (χ1v) is 9.87. The number of halogens is 1. The molecule has 0 aliphatic heterocycles. The van der Waals surface area contributed by atoms with E-state index in [1.54, 1.807) is 6.07 Å². The number of fused-ring (bicyclic) bond motifs is 1. The van der Waals surface area contributed by atoms with E-state index < -0.39 is 34.3 Å². The monoisotopic (exact) mass is 408 g/mol. The van der Waals surface area contributed by atoms with E-state index in [-0.39, 0.29) is 15.5 Å². The predicted octanol–water partition coefficient (Wildman–Crippen LogP) is 2.48. The molecular formula is C17H13FN2O5S2. The van der Waals surface area contributed by atoms with Crippen LogP contribution in [0.4, 0.5) is 10.1 Å². The molecule has 140 valence electrons. The molecule has 3 aromatic rings. The van der Waals surface area contributed by atoms with E-state index in [0.717, 1.165) is 11.3 Å². The van der Waals surface area contributed by atoms with Crippen molar-refractivity contribution in [3.63, 3.8) is 0 Å². The molecule has 0 saturated carbocycles. The molecule has 27 heavy (non-hydrogen) atoms. The third-order valence-electron chi connectivity index (χ3n) is 3.46. The maximum Gasteiger partial charge on any atom is 0.348 e. The number of carbonyl (C=O) groups excluding carboxylic acids is 2. The van der Waals surface area contributed by atoms with E-state index in [1.165, 1.54) is 42.5 Å². The number of benzene rings is 2. The lowest BCUT2D eigenvalue weighted by Crippen LogP contribution is -2.21. The van der Waals surface area contributed by atoms with Gasteiger partial charge < -0.3 is 10.1 Å². The summed E-state index contributed by atoms with van der Waals surface area (Å²) >= 11 is 1.12. The topological polar surface area (TPSA) is 116 Å². The fourth-order valence-electron chi connectivity index (χ4n) is 2.26. The standard InChI is InChI=1S/C17H13FN2O5S2/c18-11-4-5-14-10(6-11)7-15(26-14)17(22)25-9-16(21)20-12-2-1-3-13(8-12)27(19,23)24/h1-8H,9H2,(H,20,21)(H2,19,23,24). The van der Waals surface area contributed by atoms with Gasteiger partial charge in [0, 0.05) is 10.4 Å². The number of esters is 1. The number of sulfonamides is 1. The quantitative estimate of drug-likeness (QED) is 0.629. The minimum absolute atomic E-state index is 0.158. The van der Waals surface area contributed by atoms with E-state index in [4.69, 9.17) is 9.88 Å². The van der Waals surface area contributed by atoms with E-state index in [0.29, 0.717) is 10.1 Å². The maximum atomic E-state index is 13.2. The molecule has 3 rings (SSSR count). The van der Waals surface area contributed by atoms with E-state index in [1.807, 2.05) is 0 Å². The molecule has 7 nitrogen and oxygen atoms in total. The highest BCUT2D eigenvalue weighted by atomic mass is 32.2. The minimum atomic E-state index is -3.90. The Labute approximate surface area is 157 Å². The lowest BCUT2D eigenvalue weighted by molar-refractivity contribution is -0.119. The Kier molecular flexibility index (Phi) is 5.22. The number of ether oxygens (including phenoxy) is 1. The van der Waals surface area contributed by atoms with Crippen LogP contribution >= 0.6 is 11.3 Å². The number of nitrogens with two attached hydrogens (primary N) is 1. The van der Waals surface area contributed by atoms with Crippen LogP contribution in [0.15, 0.2) is 53.4 Å². The number of hydrogen-bond donors (Lipinski definition) is 2. The number of amides is 1. The summed E-state index contributed by atoms with van der Waals surface area (Å²) in [5.74, 6) is -1.78. The second kappa shape index (κ2) is 7.43. The van der Waals surface area contributed by atoms with Crippen molar-refractivity contribution in [3.05, 3.63) is 59.2 Å². The van der Waals surface area contributed by atoms with E-state index in [9.17, 15) is 22.4 Å². The largest absolute Gasteiger partial charge is 0.451 e. The Balaban J connectivity index is 1.62. The summed E-state index contributed by atoms with van der Waals surface area (Å²) in [6, 6.07) is 11.0. The molecule has 1 heterocycles. The Bertz CT molecular complexity index is 1140. The second-order valence-electron chi connectivity index (χ2n) is 5.49. The van der Waals surface area contributed by atoms with Crippen LogP contribution in [0.1, 0.15) is 9.67 Å². The van der Waals surface area contributed by atoms with Gasteiger partial charge in [-0.3, -0.25) is 4.79 Å². The van der Waals surface area contributed by atoms with Crippen molar-refractivity contribution in [2.45, 2.75) is 4.90 Å². The van der Waals surface area contributed by atoms with Gasteiger partial charge in [-0.15, -0.1) is 11.3 Å². The normalized spacial score (nSPS) is 11.3. The molecule has 0 spiro atoms. The Morgan fingerprint density at radius 2 is 1.93 bits per heavy atom. The Morgan fingerprint density at radius 1 is 1.15 bits per heavy atom. The molecule has 0 radical (unpaired) electrons. The molecule has 1 amide bonds. The van der Waals surface area contributed by atoms with Gasteiger partial charge in [0.1, 0.15) is 10.7 Å². The maximum absolute atomic E-state index is 13.2. The molecule has 2 aromatic carbocycles. The molecule has 0 unspecified atom stereocenters. The van der Waals surface area contributed by atoms with Crippen molar-refractivity contribution in [1.29, 1.82) is 0 Å². The summed E-state index contributed by atoms with van der Waals surface area (Å²) in [6.45, 7) is -0.568. The van der Waals surface area contributed by atoms with Crippen molar-refractivity contribution in [2.75, 3.05) is 11.9 Å². The van der Waals surface area contributed by atoms with Crippen LogP contribution in [0.5, 0.6) is 0 Å². The minimum Gasteiger partial charge on any atom is -0.451 e. The van der Waals surface area contributed by atoms with E-state index >= 15 is 0 Å². The van der Waals surface area contributed by atoms with Crippen molar-refractivity contribution >= 4 is 49.0 Å². The van der Waals surface area contributed by atoms with Gasteiger partial charge >= 0.3 is 5.97 Å². The van der Waals surface area contributed by atoms with Crippen LogP contribution in [-0.2, 0) is 19.6 Å². The summed E-state index contributed by atoms with van der Waals surface area (Å²) in [6.07, 6.45) is 0. The fourth-order valence-corrected chi connectivity index (χ4v) is 3.76. The average Bonchev–Trinajstić information content (AvgIpc) is 3.02. The molecule has 1 aromatic heterocycles. The van der Waals surface area contributed by atoms with Crippen LogP contribution in [0, 0.1) is 5.82 Å². The van der Waals surface area contributed by atoms with Gasteiger partial charge in [-0.1, -0.05) is 6.07 Å². The SMILES string of the molecule is NS(=O)(=O)c1cccc(NC(=O)COC(=O)c2cc3cc(F)ccc3s2)c1. The number of hydrogen-bond acceptors (Lipinski definition) is 6. The molecule has 0 atom stereocenters. The zero-order chi connectivity index (χ0) is 19.6. The second-order valence-corrected chi connectivity index (χ2v) is 8.14. The number of nitrogens with one attached hydrogen (secondary N) is 1. The van der Waals surface area contributed by atoms with Crippen molar-refractivity contribution in [2.24, 2.45) is 5.14 Å². The van der Waals surface area contributed by atoms with Crippen LogP contribution < -0.4 is 10.5 Å². The van der Waals surface area contributed by atoms with Crippen LogP contribution in [0.25, 0.3) is 10.1 Å².